The second-order valence-corrected chi connectivity index (χ2v) is 4.69. The van der Waals surface area contributed by atoms with Gasteiger partial charge in [-0.1, -0.05) is 12.5 Å². The van der Waals surface area contributed by atoms with E-state index >= 15 is 0 Å². The molecule has 1 amide bonds. The highest BCUT2D eigenvalue weighted by Gasteiger charge is 2.51. The first kappa shape index (κ1) is 12.5. The number of hydrogen-bond acceptors (Lipinski definition) is 3. The lowest BCUT2D eigenvalue weighted by Crippen LogP contribution is -2.50. The Kier molecular flexibility index (Phi) is 3.32. The maximum absolute atomic E-state index is 12.0. The van der Waals surface area contributed by atoms with Crippen LogP contribution in [0.3, 0.4) is 0 Å². The molecule has 96 valence electrons. The van der Waals surface area contributed by atoms with E-state index in [0.29, 0.717) is 12.8 Å². The smallest absolute Gasteiger partial charge is 0.319 e. The lowest BCUT2D eigenvalue weighted by molar-refractivity contribution is -0.162. The van der Waals surface area contributed by atoms with Gasteiger partial charge in [-0.2, -0.15) is 0 Å². The molecule has 0 bridgehead atoms. The molecule has 1 heterocycles. The molecule has 0 saturated heterocycles. The van der Waals surface area contributed by atoms with Crippen molar-refractivity contribution < 1.29 is 14.7 Å². The molecule has 1 saturated carbocycles. The monoisotopic (exact) mass is 248 g/mol. The maximum atomic E-state index is 12.0. The van der Waals surface area contributed by atoms with E-state index in [1.165, 1.54) is 0 Å². The van der Waals surface area contributed by atoms with Crippen molar-refractivity contribution in [3.05, 3.63) is 29.6 Å². The van der Waals surface area contributed by atoms with E-state index in [0.717, 1.165) is 17.7 Å². The van der Waals surface area contributed by atoms with Gasteiger partial charge in [0, 0.05) is 6.20 Å². The Balaban J connectivity index is 2.01. The lowest BCUT2D eigenvalue weighted by Gasteiger charge is -2.35. The maximum Gasteiger partial charge on any atom is 0.319 e. The second-order valence-electron chi connectivity index (χ2n) is 4.69. The number of aliphatic carboxylic acids is 1. The molecule has 18 heavy (non-hydrogen) atoms. The number of carbonyl (C=O) groups excluding carboxylic acids is 1. The van der Waals surface area contributed by atoms with Crippen LogP contribution in [0.25, 0.3) is 0 Å². The number of carboxylic acid groups (broad SMARTS) is 1. The van der Waals surface area contributed by atoms with Crippen LogP contribution in [0.2, 0.25) is 0 Å². The fourth-order valence-electron chi connectivity index (χ4n) is 2.11. The van der Waals surface area contributed by atoms with Gasteiger partial charge < -0.3 is 10.4 Å². The zero-order chi connectivity index (χ0) is 13.2. The number of hydrogen-bond donors (Lipinski definition) is 2. The summed E-state index contributed by atoms with van der Waals surface area (Å²) in [6, 6.07) is 3.73. The molecule has 0 radical (unpaired) electrons. The summed E-state index contributed by atoms with van der Waals surface area (Å²) in [7, 11) is 0. The van der Waals surface area contributed by atoms with Crippen LogP contribution in [0.4, 0.5) is 0 Å². The fourth-order valence-corrected chi connectivity index (χ4v) is 2.11. The number of rotatable bonds is 4. The van der Waals surface area contributed by atoms with E-state index in [9.17, 15) is 9.59 Å². The third-order valence-electron chi connectivity index (χ3n) is 3.59. The van der Waals surface area contributed by atoms with Gasteiger partial charge in [0.1, 0.15) is 5.41 Å². The van der Waals surface area contributed by atoms with Gasteiger partial charge in [0.15, 0.2) is 0 Å². The normalized spacial score (nSPS) is 16.7. The predicted molar refractivity (Wildman–Crippen MR) is 64.7 cm³/mol. The summed E-state index contributed by atoms with van der Waals surface area (Å²) in [6.45, 7) is 2.19. The molecular weight excluding hydrogens is 232 g/mol. The molecule has 1 aliphatic carbocycles. The highest BCUT2D eigenvalue weighted by molar-refractivity contribution is 6.02. The number of nitrogens with zero attached hydrogens (tertiary/aromatic N) is 1. The minimum Gasteiger partial charge on any atom is -0.480 e. The Labute approximate surface area is 105 Å². The lowest BCUT2D eigenvalue weighted by atomic mass is 9.68. The molecule has 0 spiro atoms. The third-order valence-corrected chi connectivity index (χ3v) is 3.59. The largest absolute Gasteiger partial charge is 0.480 e. The van der Waals surface area contributed by atoms with E-state index in [-0.39, 0.29) is 6.54 Å². The molecule has 0 atom stereocenters. The van der Waals surface area contributed by atoms with Gasteiger partial charge in [-0.05, 0) is 31.4 Å². The first-order chi connectivity index (χ1) is 8.56. The molecule has 2 rings (SSSR count). The highest BCUT2D eigenvalue weighted by Crippen LogP contribution is 2.41. The van der Waals surface area contributed by atoms with Crippen molar-refractivity contribution in [2.45, 2.75) is 32.7 Å². The van der Waals surface area contributed by atoms with Gasteiger partial charge in [-0.15, -0.1) is 0 Å². The van der Waals surface area contributed by atoms with Gasteiger partial charge in [0.05, 0.1) is 12.2 Å². The van der Waals surface area contributed by atoms with Crippen LogP contribution in [0.15, 0.2) is 18.3 Å². The van der Waals surface area contributed by atoms with Crippen molar-refractivity contribution in [1.29, 1.82) is 0 Å². The van der Waals surface area contributed by atoms with Crippen LogP contribution in [0, 0.1) is 12.3 Å². The number of pyridine rings is 1. The first-order valence-corrected chi connectivity index (χ1v) is 5.98. The summed E-state index contributed by atoms with van der Waals surface area (Å²) in [4.78, 5) is 27.3. The Morgan fingerprint density at radius 2 is 2.22 bits per heavy atom. The Bertz CT molecular complexity index is 481. The minimum absolute atomic E-state index is 0.278. The SMILES string of the molecule is Cc1cccnc1CNC(=O)C1(C(=O)O)CCC1. The fraction of sp³-hybridized carbons (Fsp3) is 0.462. The second kappa shape index (κ2) is 4.76. The van der Waals surface area contributed by atoms with E-state index in [1.807, 2.05) is 19.1 Å². The van der Waals surface area contributed by atoms with E-state index in [1.54, 1.807) is 6.20 Å². The quantitative estimate of drug-likeness (QED) is 0.786. The molecule has 5 nitrogen and oxygen atoms in total. The van der Waals surface area contributed by atoms with Gasteiger partial charge in [0.2, 0.25) is 5.91 Å². The number of aryl methyl sites for hydroxylation is 1. The summed E-state index contributed by atoms with van der Waals surface area (Å²) in [5, 5.41) is 11.8. The average molecular weight is 248 g/mol. The molecular formula is C13H16N2O3. The molecule has 0 unspecified atom stereocenters. The van der Waals surface area contributed by atoms with Crippen LogP contribution in [0.1, 0.15) is 30.5 Å². The first-order valence-electron chi connectivity index (χ1n) is 5.98. The molecule has 1 aromatic heterocycles. The van der Waals surface area contributed by atoms with Crippen LogP contribution < -0.4 is 5.32 Å². The molecule has 0 aromatic carbocycles. The summed E-state index contributed by atoms with van der Waals surface area (Å²) in [6.07, 6.45) is 3.30. The van der Waals surface area contributed by atoms with E-state index in [4.69, 9.17) is 5.11 Å². The Morgan fingerprint density at radius 1 is 1.50 bits per heavy atom. The van der Waals surface area contributed by atoms with Crippen molar-refractivity contribution in [1.82, 2.24) is 10.3 Å². The molecule has 1 fully saturated rings. The number of aromatic nitrogens is 1. The average Bonchev–Trinajstić information content (AvgIpc) is 2.26. The third kappa shape index (κ3) is 2.08. The van der Waals surface area contributed by atoms with E-state index < -0.39 is 17.3 Å². The number of nitrogens with one attached hydrogen (secondary N) is 1. The summed E-state index contributed by atoms with van der Waals surface area (Å²) >= 11 is 0. The Morgan fingerprint density at radius 3 is 2.72 bits per heavy atom. The van der Waals surface area contributed by atoms with Gasteiger partial charge >= 0.3 is 5.97 Å². The predicted octanol–water partition coefficient (Wildman–Crippen LogP) is 1.26. The van der Waals surface area contributed by atoms with Crippen LogP contribution in [-0.4, -0.2) is 22.0 Å². The molecule has 2 N–H and O–H groups in total. The molecule has 1 aromatic rings. The van der Waals surface area contributed by atoms with Crippen molar-refractivity contribution in [2.75, 3.05) is 0 Å². The van der Waals surface area contributed by atoms with Crippen LogP contribution in [0.5, 0.6) is 0 Å². The summed E-state index contributed by atoms with van der Waals surface area (Å²) in [5.41, 5.74) is 0.546. The zero-order valence-electron chi connectivity index (χ0n) is 10.3. The highest BCUT2D eigenvalue weighted by atomic mass is 16.4. The van der Waals surface area contributed by atoms with Gasteiger partial charge in [-0.3, -0.25) is 14.6 Å². The summed E-state index contributed by atoms with van der Waals surface area (Å²) in [5.74, 6) is -1.42. The van der Waals surface area contributed by atoms with Gasteiger partial charge in [0.25, 0.3) is 0 Å². The number of amides is 1. The van der Waals surface area contributed by atoms with Crippen LogP contribution >= 0.6 is 0 Å². The Hall–Kier alpha value is -1.91. The topological polar surface area (TPSA) is 79.3 Å². The number of carboxylic acids is 1. The van der Waals surface area contributed by atoms with E-state index in [2.05, 4.69) is 10.3 Å². The van der Waals surface area contributed by atoms with Crippen molar-refractivity contribution in [3.63, 3.8) is 0 Å². The summed E-state index contributed by atoms with van der Waals surface area (Å²) < 4.78 is 0. The molecule has 1 aliphatic rings. The molecule has 0 aliphatic heterocycles. The minimum atomic E-state index is -1.21. The number of carbonyl (C=O) groups is 2. The van der Waals surface area contributed by atoms with Gasteiger partial charge in [-0.25, -0.2) is 0 Å². The zero-order valence-corrected chi connectivity index (χ0v) is 10.3. The molecule has 5 heteroatoms. The van der Waals surface area contributed by atoms with Crippen molar-refractivity contribution in [3.8, 4) is 0 Å². The van der Waals surface area contributed by atoms with Crippen molar-refractivity contribution >= 4 is 11.9 Å². The standard InChI is InChI=1S/C13H16N2O3/c1-9-4-2-7-14-10(9)8-15-11(16)13(12(17)18)5-3-6-13/h2,4,7H,3,5-6,8H2,1H3,(H,15,16)(H,17,18). The van der Waals surface area contributed by atoms with Crippen LogP contribution in [-0.2, 0) is 16.1 Å². The van der Waals surface area contributed by atoms with Crippen molar-refractivity contribution in [2.24, 2.45) is 5.41 Å².